The van der Waals surface area contributed by atoms with E-state index in [1.165, 1.54) is 0 Å². The lowest BCUT2D eigenvalue weighted by atomic mass is 9.66. The van der Waals surface area contributed by atoms with Crippen molar-refractivity contribution in [2.75, 3.05) is 0 Å². The van der Waals surface area contributed by atoms with E-state index in [-0.39, 0.29) is 20.2 Å². The SMILES string of the molecule is CC(C)(C)[Si](c1ccccc1)(c1ccccc1)C12C3=C4c5c6c1c1c7c8c9c%10c%11c%12c%13c%14c%15c%16c%17c%18c%19c%20c(c%21c3c3c2c-7c(c2c-%13c(c(c23)c%21%19)C%18%15[Si](c2ccccc2)(c2ccccc2)C(C)(C)C)C%128[Si](c2ccccc2)(c2ccccc2)C(C)(C)C)C4([Si](c2ccccc2)(c2ccccc2)C(C)(C)C)c2c5c3c4c6c1c9c1c%10c5c(c%14%11)c%16c6c7c%17c%20c2c7c3c(c41)c65. The summed E-state index contributed by atoms with van der Waals surface area (Å²) in [5.74, 6) is 0. The second kappa shape index (κ2) is 17.3. The van der Waals surface area contributed by atoms with Crippen molar-refractivity contribution in [2.24, 2.45) is 0 Å². The molecule has 0 N–H and O–H groups in total. The highest BCUT2D eigenvalue weighted by atomic mass is 28.3. The molecule has 0 bridgehead atoms. The first-order valence-electron chi connectivity index (χ1n) is 47.8. The Bertz CT molecular complexity index is 10300. The minimum atomic E-state index is -3.90. The summed E-state index contributed by atoms with van der Waals surface area (Å²) in [7, 11) is -15.3. The van der Waals surface area contributed by atoms with Gasteiger partial charge < -0.3 is 0 Å². The van der Waals surface area contributed by atoms with Crippen LogP contribution in [0.5, 0.6) is 0 Å². The first-order chi connectivity index (χ1) is 62.3. The molecule has 0 spiro atoms. The average Bonchev–Trinajstić information content (AvgIpc) is 1.37. The Morgan fingerprint density at radius 1 is 0.133 bits per heavy atom. The van der Waals surface area contributed by atoms with Crippen molar-refractivity contribution in [3.8, 4) is 22.3 Å². The van der Waals surface area contributed by atoms with Crippen LogP contribution in [-0.4, -0.2) is 32.3 Å². The predicted molar refractivity (Wildman–Crippen MR) is 552 cm³/mol. The van der Waals surface area contributed by atoms with Gasteiger partial charge in [-0.3, -0.25) is 0 Å². The summed E-state index contributed by atoms with van der Waals surface area (Å²) in [6.07, 6.45) is 0. The second-order valence-electron chi connectivity index (χ2n) is 46.9. The van der Waals surface area contributed by atoms with Gasteiger partial charge in [0.1, 0.15) is 32.3 Å². The first kappa shape index (κ1) is 64.1. The summed E-state index contributed by atoms with van der Waals surface area (Å²) in [4.78, 5) is 0. The van der Waals surface area contributed by atoms with Gasteiger partial charge in [0.15, 0.2) is 0 Å². The molecule has 0 amide bonds. The molecule has 12 aliphatic carbocycles. The van der Waals surface area contributed by atoms with Crippen molar-refractivity contribution < 1.29 is 0 Å². The fourth-order valence-corrected chi connectivity index (χ4v) is 69.1. The molecular formula is C124H76Si4. The Labute approximate surface area is 738 Å². The van der Waals surface area contributed by atoms with Gasteiger partial charge in [-0.15, -0.1) is 0 Å². The summed E-state index contributed by atoms with van der Waals surface area (Å²) in [5.41, 5.74) is 30.9. The topological polar surface area (TPSA) is 0 Å². The molecule has 4 heteroatoms. The van der Waals surface area contributed by atoms with E-state index in [0.29, 0.717) is 0 Å². The summed E-state index contributed by atoms with van der Waals surface area (Å²) >= 11 is 0. The van der Waals surface area contributed by atoms with E-state index in [0.717, 1.165) is 0 Å². The van der Waals surface area contributed by atoms with Gasteiger partial charge in [-0.05, 0) is 325 Å². The smallest absolute Gasteiger partial charge is 0.0625 e. The summed E-state index contributed by atoms with van der Waals surface area (Å²) in [6, 6.07) is 103. The van der Waals surface area contributed by atoms with Crippen LogP contribution < -0.4 is 41.5 Å². The average molecular weight is 1680 g/mol. The number of hydrogen-bond donors (Lipinski definition) is 0. The lowest BCUT2D eigenvalue weighted by Crippen LogP contribution is -2.78. The van der Waals surface area contributed by atoms with Gasteiger partial charge in [0.2, 0.25) is 0 Å². The molecule has 0 fully saturated rings. The van der Waals surface area contributed by atoms with Gasteiger partial charge in [-0.2, -0.15) is 0 Å². The maximum Gasteiger partial charge on any atom is 0.142 e. The molecule has 0 radical (unpaired) electrons. The van der Waals surface area contributed by atoms with Crippen molar-refractivity contribution in [1.82, 2.24) is 0 Å². The van der Waals surface area contributed by atoms with Gasteiger partial charge >= 0.3 is 0 Å². The van der Waals surface area contributed by atoms with Gasteiger partial charge in [0.05, 0.1) is 20.2 Å². The molecule has 0 saturated heterocycles. The standard InChI is InChI=1S/C124H76Si4/c1-117(2,3)125(53-37-21-13-22-38-53,54-39-23-14-24-40-54)121-107-87-82-95-93-81-77-70-66-61-62-63-65-67-64(61)71-73(66)88(89(77)110(95)121)109(121)94-80(71)86-79(67)85-75(65)78-76-69(63)74-68(62)72(70)84(81)105-90(74)101-91(76)111-92(78)103-104-113-96(100(107)99(94)106(86)122(113,108(85)103)126(118(4,5)6,55-41-25-15-26-42-55)56-43-27-16-28-44-56)83(87)98-102-97(82)112(93)123(105,127(119(7,8)9,57-45-29-17-30-46-57)58-47-31-18-32-48-58)115(101)116(102)124(111,114(98)104)128(120(10,11)12,59-49-33-19-34-50-59)60-51-35-20-36-52-60/h13-52H,1-12H3. The van der Waals surface area contributed by atoms with E-state index in [2.05, 4.69) is 326 Å². The fraction of sp³-hybridized carbons (Fsp3) is 0.161. The number of rotatable bonds is 12. The van der Waals surface area contributed by atoms with Crippen LogP contribution in [0.25, 0.3) is 238 Å². The minimum absolute atomic E-state index is 0.328. The molecule has 12 aliphatic rings. The summed E-state index contributed by atoms with van der Waals surface area (Å²) < 4.78 is 0. The third-order valence-corrected chi connectivity index (χ3v) is 66.5. The third kappa shape index (κ3) is 4.64. The van der Waals surface area contributed by atoms with E-state index < -0.39 is 52.4 Å². The highest BCUT2D eigenvalue weighted by molar-refractivity contribution is 7.13. The van der Waals surface area contributed by atoms with Crippen molar-refractivity contribution in [2.45, 2.75) is 123 Å². The Morgan fingerprint density at radius 3 is 0.547 bits per heavy atom. The van der Waals surface area contributed by atoms with Crippen LogP contribution in [0.15, 0.2) is 243 Å². The Kier molecular flexibility index (Phi) is 8.67. The van der Waals surface area contributed by atoms with Gasteiger partial charge in [0, 0.05) is 0 Å². The molecule has 588 valence electrons. The molecule has 128 heavy (non-hydrogen) atoms. The van der Waals surface area contributed by atoms with Crippen LogP contribution in [0.4, 0.5) is 0 Å². The van der Waals surface area contributed by atoms with E-state index in [1.807, 2.05) is 0 Å². The van der Waals surface area contributed by atoms with Crippen LogP contribution in [0, 0.1) is 0 Å². The van der Waals surface area contributed by atoms with Crippen LogP contribution in [0.3, 0.4) is 0 Å². The highest BCUT2D eigenvalue weighted by Crippen LogP contribution is 2.92. The highest BCUT2D eigenvalue weighted by Gasteiger charge is 2.84. The van der Waals surface area contributed by atoms with Gasteiger partial charge in [-0.1, -0.05) is 367 Å². The van der Waals surface area contributed by atoms with Crippen molar-refractivity contribution in [1.29, 1.82) is 0 Å². The molecule has 40 rings (SSSR count). The Morgan fingerprint density at radius 2 is 0.266 bits per heavy atom. The molecular weight excluding hydrogens is 1600 g/mol. The van der Waals surface area contributed by atoms with E-state index >= 15 is 0 Å². The number of allylic oxidation sites excluding steroid dienone is 2. The van der Waals surface area contributed by atoms with Crippen molar-refractivity contribution in [3.63, 3.8) is 0 Å². The first-order valence-corrected chi connectivity index (χ1v) is 55.8. The predicted octanol–water partition coefficient (Wildman–Crippen LogP) is 26.5. The zero-order valence-electron chi connectivity index (χ0n) is 73.1. The molecule has 0 heterocycles. The van der Waals surface area contributed by atoms with Crippen molar-refractivity contribution >= 4 is 290 Å². The molecule has 0 nitrogen and oxygen atoms in total. The van der Waals surface area contributed by atoms with Crippen LogP contribution in [-0.2, 0) is 20.2 Å². The lowest BCUT2D eigenvalue weighted by Gasteiger charge is -2.63. The lowest BCUT2D eigenvalue weighted by molar-refractivity contribution is 0.682. The quantitative estimate of drug-likeness (QED) is 0.0845. The third-order valence-electron chi connectivity index (χ3n) is 40.4. The zero-order valence-corrected chi connectivity index (χ0v) is 77.1. The van der Waals surface area contributed by atoms with E-state index in [9.17, 15) is 0 Å². The number of hydrogen-bond acceptors (Lipinski definition) is 0. The fourth-order valence-electron chi connectivity index (χ4n) is 39.9. The van der Waals surface area contributed by atoms with Crippen LogP contribution >= 0.6 is 0 Å². The van der Waals surface area contributed by atoms with Crippen molar-refractivity contribution in [3.05, 3.63) is 309 Å². The molecule has 0 aliphatic heterocycles. The maximum absolute atomic E-state index is 3.90. The maximum atomic E-state index is 2.84. The van der Waals surface area contributed by atoms with E-state index in [1.54, 1.807) is 346 Å². The molecule has 4 unspecified atom stereocenters. The normalized spacial score (nSPS) is 21.1. The largest absolute Gasteiger partial charge is 0.142 e. The second-order valence-corrected chi connectivity index (χ2v) is 66.5. The van der Waals surface area contributed by atoms with Crippen LogP contribution in [0.1, 0.15) is 150 Å². The van der Waals surface area contributed by atoms with E-state index in [4.69, 9.17) is 0 Å². The minimum Gasteiger partial charge on any atom is -0.0625 e. The molecule has 4 atom stereocenters. The zero-order chi connectivity index (χ0) is 83.2. The van der Waals surface area contributed by atoms with Gasteiger partial charge in [-0.25, -0.2) is 0 Å². The number of benzene rings is 20. The summed E-state index contributed by atoms with van der Waals surface area (Å²) in [6.45, 7) is 33.9. The monoisotopic (exact) mass is 1680 g/mol. The van der Waals surface area contributed by atoms with Crippen LogP contribution in [0.2, 0.25) is 20.2 Å². The van der Waals surface area contributed by atoms with Gasteiger partial charge in [0.25, 0.3) is 0 Å². The Hall–Kier alpha value is -12.7. The molecule has 0 saturated carbocycles. The molecule has 28 aromatic carbocycles. The Balaban J connectivity index is 0.954. The molecule has 28 aromatic rings. The summed E-state index contributed by atoms with van der Waals surface area (Å²) in [5, 5.41) is 70.8. The molecule has 0 aromatic heterocycles.